The number of hydrogen-bond acceptors (Lipinski definition) is 0. The highest BCUT2D eigenvalue weighted by atomic mass is 28.3. The van der Waals surface area contributed by atoms with Crippen molar-refractivity contribution in [2.75, 3.05) is 0 Å². The first kappa shape index (κ1) is 18.8. The normalized spacial score (nSPS) is 22.0. The molecule has 0 bridgehead atoms. The van der Waals surface area contributed by atoms with Crippen molar-refractivity contribution in [2.24, 2.45) is 5.92 Å². The maximum Gasteiger partial charge on any atom is 0.159 e. The summed E-state index contributed by atoms with van der Waals surface area (Å²) in [4.78, 5) is 0. The molecule has 1 saturated heterocycles. The quantitative estimate of drug-likeness (QED) is 0.290. The summed E-state index contributed by atoms with van der Waals surface area (Å²) in [6.45, 7) is 3.83. The van der Waals surface area contributed by atoms with E-state index in [0.29, 0.717) is 5.92 Å². The van der Waals surface area contributed by atoms with Gasteiger partial charge in [0.25, 0.3) is 0 Å². The molecule has 1 aromatic carbocycles. The molecule has 0 nitrogen and oxygen atoms in total. The van der Waals surface area contributed by atoms with Gasteiger partial charge >= 0.3 is 0 Å². The molecule has 0 spiro atoms. The van der Waals surface area contributed by atoms with Crippen LogP contribution in [0.5, 0.6) is 0 Å². The molecule has 1 radical (unpaired) electrons. The second-order valence-electron chi connectivity index (χ2n) is 8.05. The molecule has 3 rings (SSSR count). The van der Waals surface area contributed by atoms with Gasteiger partial charge in [0.15, 0.2) is 11.6 Å². The Hall–Kier alpha value is -0.963. The van der Waals surface area contributed by atoms with Gasteiger partial charge in [-0.15, -0.1) is 6.58 Å². The SMILES string of the molecule is C=CCCC[Si]1CCC(C2(c3ccc(F)c(F)c3)CCCCC2)CC1. The molecule has 0 N–H and O–H groups in total. The second-order valence-corrected chi connectivity index (χ2v) is 11.1. The van der Waals surface area contributed by atoms with Crippen LogP contribution < -0.4 is 0 Å². The smallest absolute Gasteiger partial charge is 0.159 e. The third-order valence-electron chi connectivity index (χ3n) is 6.65. The van der Waals surface area contributed by atoms with Gasteiger partial charge in [0.1, 0.15) is 0 Å². The fourth-order valence-electron chi connectivity index (χ4n) is 5.25. The van der Waals surface area contributed by atoms with Gasteiger partial charge in [0.2, 0.25) is 0 Å². The predicted octanol–water partition coefficient (Wildman–Crippen LogP) is 7.04. The summed E-state index contributed by atoms with van der Waals surface area (Å²) in [5.74, 6) is -0.732. The van der Waals surface area contributed by atoms with Crippen LogP contribution in [0.15, 0.2) is 30.9 Å². The van der Waals surface area contributed by atoms with Crippen LogP contribution in [0.2, 0.25) is 18.1 Å². The molecule has 0 amide bonds. The number of rotatable bonds is 6. The molecule has 2 aliphatic rings. The van der Waals surface area contributed by atoms with Crippen molar-refractivity contribution in [1.29, 1.82) is 0 Å². The lowest BCUT2D eigenvalue weighted by Crippen LogP contribution is -2.40. The molecular weight excluding hydrogens is 330 g/mol. The van der Waals surface area contributed by atoms with E-state index in [-0.39, 0.29) is 14.2 Å². The zero-order chi connectivity index (χ0) is 17.7. The third kappa shape index (κ3) is 4.24. The van der Waals surface area contributed by atoms with Gasteiger partial charge in [0.05, 0.1) is 0 Å². The van der Waals surface area contributed by atoms with Crippen LogP contribution in [0.1, 0.15) is 63.4 Å². The number of hydrogen-bond donors (Lipinski definition) is 0. The maximum atomic E-state index is 13.9. The first-order valence-corrected chi connectivity index (χ1v) is 12.2. The molecule has 25 heavy (non-hydrogen) atoms. The topological polar surface area (TPSA) is 0 Å². The van der Waals surface area contributed by atoms with Gasteiger partial charge < -0.3 is 0 Å². The Labute approximate surface area is 153 Å². The minimum Gasteiger partial charge on any atom is -0.204 e. The summed E-state index contributed by atoms with van der Waals surface area (Å²) < 4.78 is 27.4. The first-order valence-electron chi connectivity index (χ1n) is 10.1. The lowest BCUT2D eigenvalue weighted by Gasteiger charge is -2.47. The van der Waals surface area contributed by atoms with Gasteiger partial charge in [-0.05, 0) is 48.3 Å². The van der Waals surface area contributed by atoms with Gasteiger partial charge in [-0.2, -0.15) is 0 Å². The summed E-state index contributed by atoms with van der Waals surface area (Å²) in [5.41, 5.74) is 1.17. The Bertz CT molecular complexity index is 569. The molecule has 137 valence electrons. The Morgan fingerprint density at radius 1 is 1.08 bits per heavy atom. The molecule has 0 atom stereocenters. The molecule has 3 heteroatoms. The monoisotopic (exact) mass is 361 g/mol. The van der Waals surface area contributed by atoms with Crippen molar-refractivity contribution in [1.82, 2.24) is 0 Å². The Balaban J connectivity index is 1.73. The summed E-state index contributed by atoms with van der Waals surface area (Å²) in [7, 11) is -0.195. The van der Waals surface area contributed by atoms with Crippen molar-refractivity contribution in [3.63, 3.8) is 0 Å². The van der Waals surface area contributed by atoms with E-state index in [9.17, 15) is 8.78 Å². The van der Waals surface area contributed by atoms with Crippen LogP contribution >= 0.6 is 0 Å². The molecule has 1 heterocycles. The van der Waals surface area contributed by atoms with Crippen LogP contribution in [0.4, 0.5) is 8.78 Å². The van der Waals surface area contributed by atoms with E-state index in [4.69, 9.17) is 0 Å². The second kappa shape index (κ2) is 8.61. The minimum absolute atomic E-state index is 0.0985. The lowest BCUT2D eigenvalue weighted by atomic mass is 9.60. The number of benzene rings is 1. The van der Waals surface area contributed by atoms with Crippen molar-refractivity contribution in [3.05, 3.63) is 48.1 Å². The molecule has 1 aliphatic heterocycles. The molecule has 2 fully saturated rings. The van der Waals surface area contributed by atoms with Gasteiger partial charge in [-0.3, -0.25) is 0 Å². The molecule has 0 aromatic heterocycles. The number of unbranched alkanes of at least 4 members (excludes halogenated alkanes) is 1. The zero-order valence-electron chi connectivity index (χ0n) is 15.3. The Morgan fingerprint density at radius 3 is 2.44 bits per heavy atom. The largest absolute Gasteiger partial charge is 0.204 e. The van der Waals surface area contributed by atoms with Crippen molar-refractivity contribution < 1.29 is 8.78 Å². The average Bonchev–Trinajstić information content (AvgIpc) is 2.65. The maximum absolute atomic E-state index is 13.9. The Morgan fingerprint density at radius 2 is 1.80 bits per heavy atom. The van der Waals surface area contributed by atoms with Crippen LogP contribution in [-0.4, -0.2) is 8.80 Å². The highest BCUT2D eigenvalue weighted by Gasteiger charge is 2.42. The average molecular weight is 362 g/mol. The molecule has 0 unspecified atom stereocenters. The predicted molar refractivity (Wildman–Crippen MR) is 103 cm³/mol. The van der Waals surface area contributed by atoms with Crippen LogP contribution in [0, 0.1) is 17.6 Å². The summed E-state index contributed by atoms with van der Waals surface area (Å²) in [6.07, 6.45) is 13.1. The number of halogens is 2. The van der Waals surface area contributed by atoms with Crippen molar-refractivity contribution >= 4 is 8.80 Å². The summed E-state index contributed by atoms with van der Waals surface area (Å²) in [6, 6.07) is 8.94. The highest BCUT2D eigenvalue weighted by Crippen LogP contribution is 2.50. The van der Waals surface area contributed by atoms with Crippen molar-refractivity contribution in [3.8, 4) is 0 Å². The summed E-state index contributed by atoms with van der Waals surface area (Å²) in [5, 5.41) is 0. The minimum atomic E-state index is -0.717. The van der Waals surface area contributed by atoms with E-state index in [1.807, 2.05) is 12.1 Å². The molecular formula is C22H31F2Si. The fraction of sp³-hybridized carbons (Fsp3) is 0.636. The fourth-order valence-corrected chi connectivity index (χ4v) is 8.21. The zero-order valence-corrected chi connectivity index (χ0v) is 16.3. The van der Waals surface area contributed by atoms with E-state index in [1.165, 1.54) is 68.8 Å². The van der Waals surface area contributed by atoms with Crippen LogP contribution in [0.3, 0.4) is 0 Å². The first-order chi connectivity index (χ1) is 12.2. The number of allylic oxidation sites excluding steroid dienone is 1. The molecule has 1 aliphatic carbocycles. The molecule has 1 aromatic rings. The lowest BCUT2D eigenvalue weighted by molar-refractivity contribution is 0.174. The van der Waals surface area contributed by atoms with Gasteiger partial charge in [-0.25, -0.2) is 8.78 Å². The Kier molecular flexibility index (Phi) is 6.48. The summed E-state index contributed by atoms with van der Waals surface area (Å²) >= 11 is 0. The van der Waals surface area contributed by atoms with Crippen molar-refractivity contribution in [2.45, 2.75) is 81.3 Å². The third-order valence-corrected chi connectivity index (χ3v) is 9.71. The highest BCUT2D eigenvalue weighted by molar-refractivity contribution is 6.59. The van der Waals surface area contributed by atoms with E-state index in [2.05, 4.69) is 6.58 Å². The van der Waals surface area contributed by atoms with E-state index >= 15 is 0 Å². The van der Waals surface area contributed by atoms with Crippen LogP contribution in [-0.2, 0) is 5.41 Å². The van der Waals surface area contributed by atoms with Gasteiger partial charge in [0, 0.05) is 8.80 Å². The van der Waals surface area contributed by atoms with Crippen LogP contribution in [0.25, 0.3) is 0 Å². The standard InChI is InChI=1S/C22H31F2Si/c1-2-3-7-14-25-15-10-18(11-16-25)22(12-5-4-6-13-22)19-8-9-20(23)21(24)17-19/h2,8-9,17-18H,1,3-7,10-16H2. The van der Waals surface area contributed by atoms with E-state index in [1.54, 1.807) is 0 Å². The van der Waals surface area contributed by atoms with E-state index in [0.717, 1.165) is 24.8 Å². The van der Waals surface area contributed by atoms with Gasteiger partial charge in [-0.1, -0.05) is 68.8 Å². The van der Waals surface area contributed by atoms with E-state index < -0.39 is 11.6 Å². The molecule has 1 saturated carbocycles.